The molecule has 0 atom stereocenters. The lowest BCUT2D eigenvalue weighted by atomic mass is 10.1. The summed E-state index contributed by atoms with van der Waals surface area (Å²) in [5, 5.41) is 9.84. The van der Waals surface area contributed by atoms with Gasteiger partial charge in [-0.3, -0.25) is 15.1 Å². The number of carbonyl (C=O) groups excluding carboxylic acids is 2. The summed E-state index contributed by atoms with van der Waals surface area (Å²) in [5.41, 5.74) is 2.76. The zero-order valence-corrected chi connectivity index (χ0v) is 21.4. The highest BCUT2D eigenvalue weighted by atomic mass is 32.1. The lowest BCUT2D eigenvalue weighted by molar-refractivity contribution is -0.118. The van der Waals surface area contributed by atoms with Crippen molar-refractivity contribution in [2.45, 2.75) is 40.2 Å². The molecule has 11 nitrogen and oxygen atoms in total. The van der Waals surface area contributed by atoms with Crippen LogP contribution in [-0.4, -0.2) is 58.1 Å². The minimum Gasteiger partial charge on any atom is -0.462 e. The Bertz CT molecular complexity index is 1220. The highest BCUT2D eigenvalue weighted by Crippen LogP contribution is 2.34. The highest BCUT2D eigenvalue weighted by Gasteiger charge is 2.25. The smallest absolute Gasteiger partial charge is 0.350 e. The van der Waals surface area contributed by atoms with Gasteiger partial charge in [0.05, 0.1) is 12.3 Å². The van der Waals surface area contributed by atoms with E-state index in [0.717, 1.165) is 36.3 Å². The molecule has 0 saturated heterocycles. The number of pyridine rings is 1. The van der Waals surface area contributed by atoms with E-state index in [9.17, 15) is 9.59 Å². The molecule has 3 aromatic heterocycles. The predicted octanol–water partition coefficient (Wildman–Crippen LogP) is 3.06. The van der Waals surface area contributed by atoms with Gasteiger partial charge >= 0.3 is 5.97 Å². The van der Waals surface area contributed by atoms with Crippen LogP contribution >= 0.6 is 11.3 Å². The summed E-state index contributed by atoms with van der Waals surface area (Å²) in [4.78, 5) is 44.3. The number of ether oxygens (including phenoxy) is 1. The first-order valence-corrected chi connectivity index (χ1v) is 12.7. The normalized spacial score (nSPS) is 12.6. The number of carbonyl (C=O) groups is 2. The molecule has 0 aliphatic carbocycles. The number of thiazole rings is 1. The molecule has 0 fully saturated rings. The Morgan fingerprint density at radius 2 is 1.97 bits per heavy atom. The van der Waals surface area contributed by atoms with E-state index in [4.69, 9.17) is 14.7 Å². The van der Waals surface area contributed by atoms with Crippen molar-refractivity contribution in [3.05, 3.63) is 46.2 Å². The molecule has 0 spiro atoms. The number of nitrogens with one attached hydrogen (secondary N) is 3. The molecule has 3 aromatic rings. The molecule has 0 radical (unpaired) electrons. The van der Waals surface area contributed by atoms with Crippen molar-refractivity contribution in [2.75, 3.05) is 41.8 Å². The quantitative estimate of drug-likeness (QED) is 0.276. The first kappa shape index (κ1) is 25.3. The highest BCUT2D eigenvalue weighted by molar-refractivity contribution is 7.17. The van der Waals surface area contributed by atoms with E-state index in [-0.39, 0.29) is 5.91 Å². The third kappa shape index (κ3) is 6.25. The molecular formula is C24H30N8O3S. The lowest BCUT2D eigenvalue weighted by Crippen LogP contribution is -2.32. The number of fused-ring (bicyclic) bond motifs is 1. The Morgan fingerprint density at radius 1 is 1.17 bits per heavy atom. The maximum absolute atomic E-state index is 12.2. The van der Waals surface area contributed by atoms with Crippen molar-refractivity contribution in [1.29, 1.82) is 0 Å². The molecule has 0 bridgehead atoms. The first-order valence-electron chi connectivity index (χ1n) is 11.9. The topological polar surface area (TPSA) is 134 Å². The van der Waals surface area contributed by atoms with Crippen LogP contribution < -0.4 is 20.9 Å². The van der Waals surface area contributed by atoms with Gasteiger partial charge in [0.1, 0.15) is 16.5 Å². The van der Waals surface area contributed by atoms with E-state index in [1.807, 2.05) is 12.1 Å². The average Bonchev–Trinajstić information content (AvgIpc) is 3.22. The van der Waals surface area contributed by atoms with Gasteiger partial charge in [0, 0.05) is 51.1 Å². The number of hydrogen-bond acceptors (Lipinski definition) is 11. The molecule has 4 heterocycles. The van der Waals surface area contributed by atoms with Crippen LogP contribution in [0, 0.1) is 6.92 Å². The van der Waals surface area contributed by atoms with Crippen molar-refractivity contribution >= 4 is 45.9 Å². The fourth-order valence-corrected chi connectivity index (χ4v) is 4.79. The van der Waals surface area contributed by atoms with Crippen molar-refractivity contribution in [3.63, 3.8) is 0 Å². The number of aromatic nitrogens is 4. The molecular weight excluding hydrogens is 480 g/mol. The lowest BCUT2D eigenvalue weighted by Gasteiger charge is -2.31. The summed E-state index contributed by atoms with van der Waals surface area (Å²) in [6, 6.07) is 3.99. The molecule has 0 saturated carbocycles. The standard InChI is InChI=1S/C24H30N8O3S/c1-4-35-22(34)19-15(2)28-24(36-19)31-23-29-20(27-12-11-26-16(3)33)18-6-5-13-32(21(18)30-23)14-17-7-9-25-10-8-17/h7-10H,4-6,11-14H2,1-3H3,(H,26,33)(H2,27,28,29,30,31). The van der Waals surface area contributed by atoms with Crippen LogP contribution in [0.5, 0.6) is 0 Å². The Labute approximate surface area is 213 Å². The van der Waals surface area contributed by atoms with E-state index in [1.165, 1.54) is 18.3 Å². The van der Waals surface area contributed by atoms with Crippen molar-refractivity contribution in [2.24, 2.45) is 0 Å². The van der Waals surface area contributed by atoms with Crippen molar-refractivity contribution in [3.8, 4) is 0 Å². The van der Waals surface area contributed by atoms with Crippen LogP contribution in [0.25, 0.3) is 0 Å². The van der Waals surface area contributed by atoms with Gasteiger partial charge in [0.25, 0.3) is 0 Å². The molecule has 1 aliphatic heterocycles. The van der Waals surface area contributed by atoms with Gasteiger partial charge in [-0.05, 0) is 44.4 Å². The van der Waals surface area contributed by atoms with Crippen molar-refractivity contribution in [1.82, 2.24) is 25.3 Å². The second-order valence-electron chi connectivity index (χ2n) is 8.27. The molecule has 36 heavy (non-hydrogen) atoms. The minimum absolute atomic E-state index is 0.0797. The molecule has 0 unspecified atom stereocenters. The van der Waals surface area contributed by atoms with Gasteiger partial charge < -0.3 is 20.3 Å². The molecule has 3 N–H and O–H groups in total. The summed E-state index contributed by atoms with van der Waals surface area (Å²) >= 11 is 1.21. The van der Waals surface area contributed by atoms with Crippen LogP contribution in [-0.2, 0) is 22.5 Å². The molecule has 4 rings (SSSR count). The fraction of sp³-hybridized carbons (Fsp3) is 0.417. The zero-order chi connectivity index (χ0) is 25.5. The van der Waals surface area contributed by atoms with E-state index >= 15 is 0 Å². The molecule has 1 aliphatic rings. The minimum atomic E-state index is -0.393. The number of esters is 1. The average molecular weight is 511 g/mol. The largest absolute Gasteiger partial charge is 0.462 e. The van der Waals surface area contributed by atoms with E-state index in [0.29, 0.717) is 53.7 Å². The van der Waals surface area contributed by atoms with E-state index < -0.39 is 5.97 Å². The number of nitrogens with zero attached hydrogens (tertiary/aromatic N) is 5. The molecule has 190 valence electrons. The van der Waals surface area contributed by atoms with Gasteiger partial charge in [-0.25, -0.2) is 9.78 Å². The van der Waals surface area contributed by atoms with Gasteiger partial charge in [-0.15, -0.1) is 0 Å². The Kier molecular flexibility index (Phi) is 8.26. The number of rotatable bonds is 10. The summed E-state index contributed by atoms with van der Waals surface area (Å²) < 4.78 is 5.13. The molecule has 1 amide bonds. The monoisotopic (exact) mass is 510 g/mol. The summed E-state index contributed by atoms with van der Waals surface area (Å²) in [6.07, 6.45) is 5.39. The SMILES string of the molecule is CCOC(=O)c1sc(Nc2nc(NCCNC(C)=O)c3c(n2)N(Cc2ccncc2)CCC3)nc1C. The first-order chi connectivity index (χ1) is 17.4. The second kappa shape index (κ2) is 11.8. The Hall–Kier alpha value is -3.80. The van der Waals surface area contributed by atoms with E-state index in [2.05, 4.69) is 30.8 Å². The predicted molar refractivity (Wildman–Crippen MR) is 139 cm³/mol. The molecule has 12 heteroatoms. The van der Waals surface area contributed by atoms with Crippen LogP contribution in [0.3, 0.4) is 0 Å². The van der Waals surface area contributed by atoms with E-state index in [1.54, 1.807) is 26.2 Å². The maximum Gasteiger partial charge on any atom is 0.350 e. The second-order valence-corrected chi connectivity index (χ2v) is 9.27. The summed E-state index contributed by atoms with van der Waals surface area (Å²) in [6.45, 7) is 7.89. The summed E-state index contributed by atoms with van der Waals surface area (Å²) in [5.74, 6) is 1.46. The number of aryl methyl sites for hydroxylation is 1. The summed E-state index contributed by atoms with van der Waals surface area (Å²) in [7, 11) is 0. The Balaban J connectivity index is 1.63. The third-order valence-corrected chi connectivity index (χ3v) is 6.58. The van der Waals surface area contributed by atoms with Crippen LogP contribution in [0.15, 0.2) is 24.5 Å². The van der Waals surface area contributed by atoms with Gasteiger partial charge in [0.2, 0.25) is 11.9 Å². The number of hydrogen-bond donors (Lipinski definition) is 3. The van der Waals surface area contributed by atoms with Gasteiger partial charge in [-0.2, -0.15) is 9.97 Å². The molecule has 0 aromatic carbocycles. The van der Waals surface area contributed by atoms with Crippen LogP contribution in [0.2, 0.25) is 0 Å². The van der Waals surface area contributed by atoms with Gasteiger partial charge in [0.15, 0.2) is 5.13 Å². The Morgan fingerprint density at radius 3 is 2.72 bits per heavy atom. The third-order valence-electron chi connectivity index (χ3n) is 5.53. The van der Waals surface area contributed by atoms with Crippen molar-refractivity contribution < 1.29 is 14.3 Å². The van der Waals surface area contributed by atoms with Crippen LogP contribution in [0.1, 0.15) is 46.8 Å². The number of amides is 1. The van der Waals surface area contributed by atoms with Crippen LogP contribution in [0.4, 0.5) is 22.7 Å². The fourth-order valence-electron chi connectivity index (χ4n) is 3.93. The number of anilines is 4. The maximum atomic E-state index is 12.2. The zero-order valence-electron chi connectivity index (χ0n) is 20.6. The van der Waals surface area contributed by atoms with Gasteiger partial charge in [-0.1, -0.05) is 11.3 Å².